The van der Waals surface area contributed by atoms with Gasteiger partial charge in [-0.2, -0.15) is 0 Å². The molecule has 1 N–H and O–H groups in total. The zero-order chi connectivity index (χ0) is 14.7. The predicted molar refractivity (Wildman–Crippen MR) is 75.2 cm³/mol. The largest absolute Gasteiger partial charge is 0.335 e. The first kappa shape index (κ1) is 13.6. The standard InChI is InChI=1S/C13H19N7O/c1-18-12(8-16-17-18)7-15-13(21)20-5-2-3-11(20)9-19-6-4-14-10-19/h4,6,8,10-11H,2-3,5,7,9H2,1H3,(H,15,21). The fraction of sp³-hybridized carbons (Fsp3) is 0.538. The van der Waals surface area contributed by atoms with E-state index >= 15 is 0 Å². The molecular weight excluding hydrogens is 270 g/mol. The Hall–Kier alpha value is -2.38. The molecule has 1 aliphatic rings. The van der Waals surface area contributed by atoms with Crippen molar-refractivity contribution in [1.29, 1.82) is 0 Å². The number of carbonyl (C=O) groups is 1. The van der Waals surface area contributed by atoms with Gasteiger partial charge in [0.05, 0.1) is 30.8 Å². The van der Waals surface area contributed by atoms with E-state index in [4.69, 9.17) is 0 Å². The van der Waals surface area contributed by atoms with Crippen molar-refractivity contribution in [2.24, 2.45) is 7.05 Å². The molecule has 8 nitrogen and oxygen atoms in total. The number of likely N-dealkylation sites (tertiary alicyclic amines) is 1. The molecule has 112 valence electrons. The Morgan fingerprint density at radius 1 is 1.52 bits per heavy atom. The van der Waals surface area contributed by atoms with Crippen molar-refractivity contribution in [1.82, 2.24) is 34.8 Å². The van der Waals surface area contributed by atoms with E-state index in [1.807, 2.05) is 22.7 Å². The molecule has 21 heavy (non-hydrogen) atoms. The molecule has 0 spiro atoms. The maximum Gasteiger partial charge on any atom is 0.318 e. The molecule has 0 saturated carbocycles. The van der Waals surface area contributed by atoms with E-state index in [1.54, 1.807) is 23.4 Å². The van der Waals surface area contributed by atoms with Gasteiger partial charge in [-0.05, 0) is 12.8 Å². The number of urea groups is 1. The molecule has 3 heterocycles. The zero-order valence-electron chi connectivity index (χ0n) is 12.0. The molecule has 0 aliphatic carbocycles. The Balaban J connectivity index is 1.57. The zero-order valence-corrected chi connectivity index (χ0v) is 12.0. The van der Waals surface area contributed by atoms with Crippen molar-refractivity contribution in [3.63, 3.8) is 0 Å². The number of aryl methyl sites for hydroxylation is 1. The molecule has 2 aromatic heterocycles. The second-order valence-electron chi connectivity index (χ2n) is 5.26. The topological polar surface area (TPSA) is 80.9 Å². The fourth-order valence-electron chi connectivity index (χ4n) is 2.67. The molecule has 1 saturated heterocycles. The number of nitrogens with zero attached hydrogens (tertiary/aromatic N) is 6. The lowest BCUT2D eigenvalue weighted by Crippen LogP contribution is -2.44. The molecule has 2 aromatic rings. The van der Waals surface area contributed by atoms with E-state index in [9.17, 15) is 4.79 Å². The number of amides is 2. The number of carbonyl (C=O) groups excluding carboxylic acids is 1. The highest BCUT2D eigenvalue weighted by Crippen LogP contribution is 2.18. The smallest absolute Gasteiger partial charge is 0.318 e. The average molecular weight is 289 g/mol. The molecule has 8 heteroatoms. The van der Waals surface area contributed by atoms with E-state index in [-0.39, 0.29) is 12.1 Å². The molecule has 0 radical (unpaired) electrons. The molecule has 3 rings (SSSR count). The van der Waals surface area contributed by atoms with Gasteiger partial charge in [-0.3, -0.25) is 4.68 Å². The second kappa shape index (κ2) is 5.94. The molecule has 1 fully saturated rings. The summed E-state index contributed by atoms with van der Waals surface area (Å²) in [6.45, 7) is 2.03. The normalized spacial score (nSPS) is 18.1. The summed E-state index contributed by atoms with van der Waals surface area (Å²) in [5.41, 5.74) is 0.883. The molecular formula is C13H19N7O. The van der Waals surface area contributed by atoms with Gasteiger partial charge in [0, 0.05) is 32.5 Å². The van der Waals surface area contributed by atoms with Crippen LogP contribution in [0.15, 0.2) is 24.9 Å². The van der Waals surface area contributed by atoms with Gasteiger partial charge in [-0.15, -0.1) is 5.10 Å². The number of aromatic nitrogens is 5. The lowest BCUT2D eigenvalue weighted by molar-refractivity contribution is 0.186. The first-order chi connectivity index (χ1) is 10.2. The van der Waals surface area contributed by atoms with Gasteiger partial charge >= 0.3 is 6.03 Å². The van der Waals surface area contributed by atoms with Crippen LogP contribution in [0.25, 0.3) is 0 Å². The minimum atomic E-state index is -0.0289. The summed E-state index contributed by atoms with van der Waals surface area (Å²) in [6.07, 6.45) is 9.20. The van der Waals surface area contributed by atoms with Gasteiger partial charge < -0.3 is 14.8 Å². The lowest BCUT2D eigenvalue weighted by atomic mass is 10.2. The summed E-state index contributed by atoms with van der Waals surface area (Å²) in [4.78, 5) is 18.3. The van der Waals surface area contributed by atoms with Crippen LogP contribution in [0.2, 0.25) is 0 Å². The van der Waals surface area contributed by atoms with Gasteiger partial charge in [-0.25, -0.2) is 9.78 Å². The Morgan fingerprint density at radius 3 is 3.14 bits per heavy atom. The van der Waals surface area contributed by atoms with Crippen LogP contribution in [0.5, 0.6) is 0 Å². The van der Waals surface area contributed by atoms with Crippen molar-refractivity contribution < 1.29 is 4.79 Å². The molecule has 1 aliphatic heterocycles. The Kier molecular flexibility index (Phi) is 3.85. The summed E-state index contributed by atoms with van der Waals surface area (Å²) < 4.78 is 3.68. The van der Waals surface area contributed by atoms with Gasteiger partial charge in [-0.1, -0.05) is 5.21 Å². The third-order valence-electron chi connectivity index (χ3n) is 3.85. The first-order valence-corrected chi connectivity index (χ1v) is 7.08. The van der Waals surface area contributed by atoms with E-state index in [1.165, 1.54) is 0 Å². The minimum absolute atomic E-state index is 0.0289. The number of imidazole rings is 1. The van der Waals surface area contributed by atoms with Crippen molar-refractivity contribution in [3.8, 4) is 0 Å². The van der Waals surface area contributed by atoms with Gasteiger partial charge in [0.1, 0.15) is 0 Å². The highest BCUT2D eigenvalue weighted by atomic mass is 16.2. The van der Waals surface area contributed by atoms with Crippen LogP contribution in [0.1, 0.15) is 18.5 Å². The Morgan fingerprint density at radius 2 is 2.43 bits per heavy atom. The Bertz CT molecular complexity index is 591. The maximum absolute atomic E-state index is 12.3. The van der Waals surface area contributed by atoms with E-state index in [0.717, 1.165) is 31.6 Å². The van der Waals surface area contributed by atoms with E-state index < -0.39 is 0 Å². The second-order valence-corrected chi connectivity index (χ2v) is 5.26. The van der Waals surface area contributed by atoms with Crippen LogP contribution in [-0.4, -0.2) is 48.1 Å². The summed E-state index contributed by atoms with van der Waals surface area (Å²) in [5.74, 6) is 0. The highest BCUT2D eigenvalue weighted by Gasteiger charge is 2.28. The van der Waals surface area contributed by atoms with Crippen LogP contribution >= 0.6 is 0 Å². The van der Waals surface area contributed by atoms with E-state index in [2.05, 4.69) is 20.6 Å². The third kappa shape index (κ3) is 3.04. The van der Waals surface area contributed by atoms with Crippen LogP contribution in [-0.2, 0) is 20.1 Å². The van der Waals surface area contributed by atoms with Crippen molar-refractivity contribution in [2.45, 2.75) is 32.0 Å². The SMILES string of the molecule is Cn1nncc1CNC(=O)N1CCCC1Cn1ccnc1. The fourth-order valence-corrected chi connectivity index (χ4v) is 2.67. The van der Waals surface area contributed by atoms with Crippen molar-refractivity contribution in [2.75, 3.05) is 6.54 Å². The maximum atomic E-state index is 12.3. The number of hydrogen-bond acceptors (Lipinski definition) is 4. The van der Waals surface area contributed by atoms with Crippen molar-refractivity contribution in [3.05, 3.63) is 30.6 Å². The monoisotopic (exact) mass is 289 g/mol. The highest BCUT2D eigenvalue weighted by molar-refractivity contribution is 5.74. The van der Waals surface area contributed by atoms with Gasteiger partial charge in [0.2, 0.25) is 0 Å². The quantitative estimate of drug-likeness (QED) is 0.882. The lowest BCUT2D eigenvalue weighted by Gasteiger charge is -2.25. The summed E-state index contributed by atoms with van der Waals surface area (Å²) in [6, 6.07) is 0.197. The van der Waals surface area contributed by atoms with Crippen LogP contribution in [0.3, 0.4) is 0 Å². The number of rotatable bonds is 4. The number of hydrogen-bond donors (Lipinski definition) is 1. The average Bonchev–Trinajstić information content (AvgIpc) is 3.19. The van der Waals surface area contributed by atoms with Crippen molar-refractivity contribution >= 4 is 6.03 Å². The summed E-state index contributed by atoms with van der Waals surface area (Å²) >= 11 is 0. The minimum Gasteiger partial charge on any atom is -0.335 e. The van der Waals surface area contributed by atoms with Gasteiger partial charge in [0.25, 0.3) is 0 Å². The molecule has 0 aromatic carbocycles. The number of nitrogens with one attached hydrogen (secondary N) is 1. The van der Waals surface area contributed by atoms with Crippen LogP contribution < -0.4 is 5.32 Å². The molecule has 0 bridgehead atoms. The molecule has 1 unspecified atom stereocenters. The molecule has 1 atom stereocenters. The first-order valence-electron chi connectivity index (χ1n) is 7.08. The predicted octanol–water partition coefficient (Wildman–Crippen LogP) is 0.386. The van der Waals surface area contributed by atoms with Gasteiger partial charge in [0.15, 0.2) is 0 Å². The van der Waals surface area contributed by atoms with Crippen LogP contribution in [0, 0.1) is 0 Å². The third-order valence-corrected chi connectivity index (χ3v) is 3.85. The Labute approximate surface area is 122 Å². The summed E-state index contributed by atoms with van der Waals surface area (Å²) in [7, 11) is 1.81. The van der Waals surface area contributed by atoms with E-state index in [0.29, 0.717) is 6.54 Å². The molecule has 2 amide bonds. The summed E-state index contributed by atoms with van der Waals surface area (Å²) in [5, 5.41) is 10.6. The van der Waals surface area contributed by atoms with Crippen LogP contribution in [0.4, 0.5) is 4.79 Å².